The summed E-state index contributed by atoms with van der Waals surface area (Å²) in [7, 11) is 1.69. The Kier molecular flexibility index (Phi) is 9.06. The Labute approximate surface area is 94.1 Å². The summed E-state index contributed by atoms with van der Waals surface area (Å²) in [5, 5.41) is 0. The maximum atomic E-state index is 5.60. The van der Waals surface area contributed by atoms with E-state index in [1.807, 2.05) is 6.92 Å². The van der Waals surface area contributed by atoms with E-state index < -0.39 is 0 Å². The molecule has 0 aliphatic rings. The Morgan fingerprint density at radius 3 is 2.13 bits per heavy atom. The van der Waals surface area contributed by atoms with Crippen LogP contribution in [0, 0.1) is 5.92 Å². The van der Waals surface area contributed by atoms with Crippen molar-refractivity contribution in [1.29, 1.82) is 0 Å². The molecule has 0 saturated heterocycles. The fraction of sp³-hybridized carbons (Fsp3) is 1.00. The molecule has 0 N–H and O–H groups in total. The smallest absolute Gasteiger partial charge is 0.0776 e. The minimum absolute atomic E-state index is 0.165. The first-order valence-electron chi connectivity index (χ1n) is 5.78. The largest absolute Gasteiger partial charge is 0.379 e. The molecule has 0 bridgehead atoms. The molecule has 15 heavy (non-hydrogen) atoms. The van der Waals surface area contributed by atoms with Crippen LogP contribution in [0.3, 0.4) is 0 Å². The topological polar surface area (TPSA) is 27.7 Å². The van der Waals surface area contributed by atoms with Gasteiger partial charge in [-0.1, -0.05) is 13.8 Å². The van der Waals surface area contributed by atoms with Crippen LogP contribution in [0.25, 0.3) is 0 Å². The molecule has 0 spiro atoms. The van der Waals surface area contributed by atoms with Crippen LogP contribution in [0.2, 0.25) is 0 Å². The summed E-state index contributed by atoms with van der Waals surface area (Å²) in [5.74, 6) is 0.689. The van der Waals surface area contributed by atoms with Crippen LogP contribution in [-0.4, -0.2) is 39.1 Å². The first-order chi connectivity index (χ1) is 7.06. The highest BCUT2D eigenvalue weighted by Crippen LogP contribution is 2.06. The lowest BCUT2D eigenvalue weighted by Gasteiger charge is -2.15. The lowest BCUT2D eigenvalue weighted by molar-refractivity contribution is -0.0246. The molecule has 0 fully saturated rings. The van der Waals surface area contributed by atoms with E-state index in [4.69, 9.17) is 14.2 Å². The van der Waals surface area contributed by atoms with Gasteiger partial charge in [-0.3, -0.25) is 0 Å². The van der Waals surface area contributed by atoms with Crippen LogP contribution in [0.1, 0.15) is 34.1 Å². The first-order valence-corrected chi connectivity index (χ1v) is 5.78. The lowest BCUT2D eigenvalue weighted by atomic mass is 10.1. The molecule has 2 atom stereocenters. The molecule has 92 valence electrons. The average Bonchev–Trinajstić information content (AvgIpc) is 2.15. The van der Waals surface area contributed by atoms with Gasteiger partial charge in [0.15, 0.2) is 0 Å². The van der Waals surface area contributed by atoms with Crippen molar-refractivity contribution in [2.75, 3.05) is 26.9 Å². The van der Waals surface area contributed by atoms with Gasteiger partial charge >= 0.3 is 0 Å². The number of methoxy groups -OCH3 is 1. The summed E-state index contributed by atoms with van der Waals surface area (Å²) >= 11 is 0. The summed E-state index contributed by atoms with van der Waals surface area (Å²) < 4.78 is 16.1. The third-order valence-corrected chi connectivity index (χ3v) is 2.19. The molecule has 0 radical (unpaired) electrons. The van der Waals surface area contributed by atoms with Crippen LogP contribution in [0.15, 0.2) is 0 Å². The van der Waals surface area contributed by atoms with Crippen molar-refractivity contribution in [2.45, 2.75) is 46.3 Å². The van der Waals surface area contributed by atoms with E-state index in [2.05, 4.69) is 20.8 Å². The highest BCUT2D eigenvalue weighted by Gasteiger charge is 2.05. The highest BCUT2D eigenvalue weighted by molar-refractivity contribution is 4.53. The third-order valence-electron chi connectivity index (χ3n) is 2.19. The van der Waals surface area contributed by atoms with Crippen LogP contribution >= 0.6 is 0 Å². The maximum Gasteiger partial charge on any atom is 0.0776 e. The molecule has 2 unspecified atom stereocenters. The van der Waals surface area contributed by atoms with Gasteiger partial charge in [0.1, 0.15) is 0 Å². The molecule has 0 aliphatic carbocycles. The molecule has 3 nitrogen and oxygen atoms in total. The lowest BCUT2D eigenvalue weighted by Crippen LogP contribution is -2.18. The van der Waals surface area contributed by atoms with Crippen molar-refractivity contribution in [3.05, 3.63) is 0 Å². The zero-order valence-electron chi connectivity index (χ0n) is 10.8. The van der Waals surface area contributed by atoms with Crippen LogP contribution in [-0.2, 0) is 14.2 Å². The Morgan fingerprint density at radius 1 is 0.933 bits per heavy atom. The minimum Gasteiger partial charge on any atom is -0.379 e. The van der Waals surface area contributed by atoms with Gasteiger partial charge in [0.05, 0.1) is 32.0 Å². The Hall–Kier alpha value is -0.120. The van der Waals surface area contributed by atoms with Crippen LogP contribution in [0.4, 0.5) is 0 Å². The van der Waals surface area contributed by atoms with E-state index in [-0.39, 0.29) is 6.10 Å². The van der Waals surface area contributed by atoms with Crippen molar-refractivity contribution >= 4 is 0 Å². The van der Waals surface area contributed by atoms with E-state index >= 15 is 0 Å². The molecule has 0 aromatic heterocycles. The molecule has 0 aliphatic heterocycles. The zero-order chi connectivity index (χ0) is 11.7. The summed E-state index contributed by atoms with van der Waals surface area (Å²) in [6, 6.07) is 0. The van der Waals surface area contributed by atoms with Gasteiger partial charge in [-0.15, -0.1) is 0 Å². The number of rotatable bonds is 9. The minimum atomic E-state index is 0.165. The zero-order valence-corrected chi connectivity index (χ0v) is 10.8. The summed E-state index contributed by atoms with van der Waals surface area (Å²) in [6.45, 7) is 10.5. The molecule has 0 rings (SSSR count). The van der Waals surface area contributed by atoms with Gasteiger partial charge in [0.25, 0.3) is 0 Å². The molecule has 0 amide bonds. The van der Waals surface area contributed by atoms with Gasteiger partial charge in [-0.05, 0) is 26.2 Å². The van der Waals surface area contributed by atoms with Gasteiger partial charge < -0.3 is 14.2 Å². The van der Waals surface area contributed by atoms with Gasteiger partial charge in [-0.25, -0.2) is 0 Å². The Morgan fingerprint density at radius 2 is 1.60 bits per heavy atom. The van der Waals surface area contributed by atoms with Gasteiger partial charge in [0.2, 0.25) is 0 Å². The molecule has 3 heteroatoms. The quantitative estimate of drug-likeness (QED) is 0.556. The highest BCUT2D eigenvalue weighted by atomic mass is 16.5. The molecule has 0 aromatic carbocycles. The molecular weight excluding hydrogens is 192 g/mol. The van der Waals surface area contributed by atoms with Crippen molar-refractivity contribution in [1.82, 2.24) is 0 Å². The number of ether oxygens (including phenoxy) is 3. The van der Waals surface area contributed by atoms with Crippen molar-refractivity contribution in [3.8, 4) is 0 Å². The van der Waals surface area contributed by atoms with E-state index in [9.17, 15) is 0 Å². The number of hydrogen-bond donors (Lipinski definition) is 0. The van der Waals surface area contributed by atoms with Crippen LogP contribution < -0.4 is 0 Å². The van der Waals surface area contributed by atoms with Crippen LogP contribution in [0.5, 0.6) is 0 Å². The fourth-order valence-electron chi connectivity index (χ4n) is 1.36. The fourth-order valence-corrected chi connectivity index (χ4v) is 1.36. The summed E-state index contributed by atoms with van der Waals surface area (Å²) in [5.41, 5.74) is 0. The van der Waals surface area contributed by atoms with E-state index in [0.29, 0.717) is 31.8 Å². The summed E-state index contributed by atoms with van der Waals surface area (Å²) in [6.07, 6.45) is 1.60. The molecular formula is C12H26O3. The Bertz CT molecular complexity index is 137. The predicted octanol–water partition coefficient (Wildman–Crippen LogP) is 2.49. The molecule has 0 heterocycles. The van der Waals surface area contributed by atoms with Gasteiger partial charge in [-0.2, -0.15) is 0 Å². The SMILES string of the molecule is COC(C)COCCOC(C)CC(C)C. The standard InChI is InChI=1S/C12H26O3/c1-10(2)8-11(3)15-7-6-14-9-12(4)13-5/h10-12H,6-9H2,1-5H3. The second-order valence-corrected chi connectivity index (χ2v) is 4.43. The monoisotopic (exact) mass is 218 g/mol. The molecule has 0 aromatic rings. The predicted molar refractivity (Wildman–Crippen MR) is 62.2 cm³/mol. The third kappa shape index (κ3) is 10.2. The van der Waals surface area contributed by atoms with E-state index in [1.165, 1.54) is 0 Å². The van der Waals surface area contributed by atoms with Crippen molar-refractivity contribution in [2.24, 2.45) is 5.92 Å². The Balaban J connectivity index is 3.23. The van der Waals surface area contributed by atoms with Crippen molar-refractivity contribution < 1.29 is 14.2 Å². The van der Waals surface area contributed by atoms with E-state index in [0.717, 1.165) is 6.42 Å². The number of hydrogen-bond acceptors (Lipinski definition) is 3. The first kappa shape index (κ1) is 14.9. The van der Waals surface area contributed by atoms with E-state index in [1.54, 1.807) is 7.11 Å². The van der Waals surface area contributed by atoms with Gasteiger partial charge in [0, 0.05) is 7.11 Å². The maximum absolute atomic E-state index is 5.60. The van der Waals surface area contributed by atoms with Crippen molar-refractivity contribution in [3.63, 3.8) is 0 Å². The second kappa shape index (κ2) is 9.13. The molecule has 0 saturated carbocycles. The summed E-state index contributed by atoms with van der Waals surface area (Å²) in [4.78, 5) is 0. The second-order valence-electron chi connectivity index (χ2n) is 4.43. The average molecular weight is 218 g/mol. The normalized spacial score (nSPS) is 15.6.